The summed E-state index contributed by atoms with van der Waals surface area (Å²) in [5.41, 5.74) is 0. The van der Waals surface area contributed by atoms with Crippen molar-refractivity contribution < 1.29 is 0 Å². The minimum Gasteiger partial charge on any atom is -0.0885 e. The van der Waals surface area contributed by atoms with E-state index in [0.717, 1.165) is 11.8 Å². The highest BCUT2D eigenvalue weighted by molar-refractivity contribution is 5.17. The second-order valence-electron chi connectivity index (χ2n) is 8.74. The fourth-order valence-corrected chi connectivity index (χ4v) is 4.28. The Bertz CT molecular complexity index is 432. The smallest absolute Gasteiger partial charge is 0.00473 e. The SMILES string of the molecule is C1=CC(CCCCCCCC/C=C\CCCCCCCCC2C=CC=C2)C=C1. The second-order valence-corrected chi connectivity index (χ2v) is 8.74. The lowest BCUT2D eigenvalue weighted by Crippen LogP contribution is -1.89. The first-order valence-corrected chi connectivity index (χ1v) is 12.3. The fourth-order valence-electron chi connectivity index (χ4n) is 4.28. The van der Waals surface area contributed by atoms with E-state index in [2.05, 4.69) is 60.8 Å². The molecule has 28 heavy (non-hydrogen) atoms. The maximum absolute atomic E-state index is 2.43. The van der Waals surface area contributed by atoms with Gasteiger partial charge in [-0.15, -0.1) is 0 Å². The summed E-state index contributed by atoms with van der Waals surface area (Å²) in [6, 6.07) is 0. The molecule has 0 N–H and O–H groups in total. The number of hydrogen-bond acceptors (Lipinski definition) is 0. The van der Waals surface area contributed by atoms with E-state index in [0.29, 0.717) is 0 Å². The molecule has 0 saturated heterocycles. The highest BCUT2D eigenvalue weighted by atomic mass is 14.1. The van der Waals surface area contributed by atoms with Crippen molar-refractivity contribution in [3.8, 4) is 0 Å². The van der Waals surface area contributed by atoms with Crippen LogP contribution in [-0.4, -0.2) is 0 Å². The number of rotatable bonds is 18. The summed E-state index contributed by atoms with van der Waals surface area (Å²) in [5, 5.41) is 0. The van der Waals surface area contributed by atoms with E-state index in [-0.39, 0.29) is 0 Å². The van der Waals surface area contributed by atoms with Crippen LogP contribution in [0.5, 0.6) is 0 Å². The molecule has 0 fully saturated rings. The van der Waals surface area contributed by atoms with Crippen LogP contribution in [0.15, 0.2) is 60.8 Å². The normalized spacial score (nSPS) is 16.4. The summed E-state index contributed by atoms with van der Waals surface area (Å²) in [6.07, 6.45) is 45.2. The van der Waals surface area contributed by atoms with E-state index >= 15 is 0 Å². The Hall–Kier alpha value is -1.30. The Morgan fingerprint density at radius 1 is 0.393 bits per heavy atom. The molecule has 0 aliphatic heterocycles. The second kappa shape index (κ2) is 16.6. The monoisotopic (exact) mass is 380 g/mol. The van der Waals surface area contributed by atoms with Gasteiger partial charge in [0.25, 0.3) is 0 Å². The van der Waals surface area contributed by atoms with E-state index in [1.807, 2.05) is 0 Å². The molecule has 2 aliphatic rings. The van der Waals surface area contributed by atoms with Gasteiger partial charge in [-0.2, -0.15) is 0 Å². The zero-order valence-corrected chi connectivity index (χ0v) is 18.2. The molecule has 0 radical (unpaired) electrons. The van der Waals surface area contributed by atoms with Crippen LogP contribution in [0.1, 0.15) is 103 Å². The van der Waals surface area contributed by atoms with Crippen molar-refractivity contribution in [3.05, 3.63) is 60.8 Å². The lowest BCUT2D eigenvalue weighted by molar-refractivity contribution is 0.558. The molecule has 0 unspecified atom stereocenters. The van der Waals surface area contributed by atoms with E-state index in [9.17, 15) is 0 Å². The topological polar surface area (TPSA) is 0 Å². The molecular weight excluding hydrogens is 336 g/mol. The Labute approximate surface area is 175 Å². The van der Waals surface area contributed by atoms with Gasteiger partial charge in [0, 0.05) is 0 Å². The summed E-state index contributed by atoms with van der Waals surface area (Å²) in [6.45, 7) is 0. The van der Waals surface area contributed by atoms with Gasteiger partial charge in [-0.3, -0.25) is 0 Å². The summed E-state index contributed by atoms with van der Waals surface area (Å²) in [4.78, 5) is 0. The van der Waals surface area contributed by atoms with Gasteiger partial charge in [0.05, 0.1) is 0 Å². The van der Waals surface area contributed by atoms with Crippen LogP contribution in [0, 0.1) is 11.8 Å². The lowest BCUT2D eigenvalue weighted by atomic mass is 10.0. The van der Waals surface area contributed by atoms with Gasteiger partial charge in [0.15, 0.2) is 0 Å². The zero-order chi connectivity index (χ0) is 19.5. The standard InChI is InChI=1S/C28H44/c1(3-5-7-9-11-13-15-21-27-23-17-18-24-27)2-4-6-8-10-12-14-16-22-28-25-19-20-26-28/h1-2,17-20,23-28H,3-16,21-22H2/b2-1-. The average molecular weight is 381 g/mol. The van der Waals surface area contributed by atoms with E-state index < -0.39 is 0 Å². The molecule has 0 aromatic rings. The summed E-state index contributed by atoms with van der Waals surface area (Å²) in [7, 11) is 0. The highest BCUT2D eigenvalue weighted by Gasteiger charge is 2.03. The first kappa shape index (κ1) is 23.0. The van der Waals surface area contributed by atoms with Crippen LogP contribution in [-0.2, 0) is 0 Å². The molecule has 0 nitrogen and oxygen atoms in total. The van der Waals surface area contributed by atoms with Crippen LogP contribution in [0.2, 0.25) is 0 Å². The van der Waals surface area contributed by atoms with Gasteiger partial charge in [-0.05, 0) is 50.4 Å². The number of allylic oxidation sites excluding steroid dienone is 10. The van der Waals surface area contributed by atoms with Crippen LogP contribution in [0.25, 0.3) is 0 Å². The third kappa shape index (κ3) is 12.2. The van der Waals surface area contributed by atoms with Crippen LogP contribution in [0.3, 0.4) is 0 Å². The van der Waals surface area contributed by atoms with Crippen LogP contribution >= 0.6 is 0 Å². The molecule has 0 spiro atoms. The lowest BCUT2D eigenvalue weighted by Gasteiger charge is -2.05. The van der Waals surface area contributed by atoms with Crippen molar-refractivity contribution in [2.24, 2.45) is 11.8 Å². The predicted molar refractivity (Wildman–Crippen MR) is 127 cm³/mol. The minimum absolute atomic E-state index is 0.738. The fraction of sp³-hybridized carbons (Fsp3) is 0.643. The Morgan fingerprint density at radius 3 is 1.11 bits per heavy atom. The number of unbranched alkanes of at least 4 members (excludes halogenated alkanes) is 12. The third-order valence-corrected chi connectivity index (χ3v) is 6.14. The summed E-state index contributed by atoms with van der Waals surface area (Å²) in [5.74, 6) is 1.48. The third-order valence-electron chi connectivity index (χ3n) is 6.14. The van der Waals surface area contributed by atoms with Gasteiger partial charge in [0.2, 0.25) is 0 Å². The van der Waals surface area contributed by atoms with E-state index in [1.165, 1.54) is 103 Å². The van der Waals surface area contributed by atoms with Crippen LogP contribution < -0.4 is 0 Å². The van der Waals surface area contributed by atoms with Gasteiger partial charge < -0.3 is 0 Å². The molecule has 156 valence electrons. The molecule has 2 aliphatic carbocycles. The van der Waals surface area contributed by atoms with Crippen molar-refractivity contribution >= 4 is 0 Å². The van der Waals surface area contributed by atoms with Crippen molar-refractivity contribution in [2.45, 2.75) is 103 Å². The predicted octanol–water partition coefficient (Wildman–Crippen LogP) is 9.27. The van der Waals surface area contributed by atoms with Gasteiger partial charge in [0.1, 0.15) is 0 Å². The maximum atomic E-state index is 2.43. The molecule has 0 atom stereocenters. The molecule has 0 heterocycles. The average Bonchev–Trinajstić information content (AvgIpc) is 3.41. The van der Waals surface area contributed by atoms with Crippen LogP contribution in [0.4, 0.5) is 0 Å². The van der Waals surface area contributed by atoms with E-state index in [1.54, 1.807) is 0 Å². The molecule has 2 rings (SSSR count). The quantitative estimate of drug-likeness (QED) is 0.164. The first-order chi connectivity index (χ1) is 13.9. The number of hydrogen-bond donors (Lipinski definition) is 0. The van der Waals surface area contributed by atoms with Crippen molar-refractivity contribution in [1.82, 2.24) is 0 Å². The van der Waals surface area contributed by atoms with Gasteiger partial charge >= 0.3 is 0 Å². The Balaban J connectivity index is 1.22. The summed E-state index contributed by atoms with van der Waals surface area (Å²) < 4.78 is 0. The molecule has 0 aromatic carbocycles. The summed E-state index contributed by atoms with van der Waals surface area (Å²) >= 11 is 0. The molecular formula is C28H44. The van der Waals surface area contributed by atoms with Gasteiger partial charge in [-0.1, -0.05) is 125 Å². The molecule has 0 saturated carbocycles. The maximum Gasteiger partial charge on any atom is -0.00473 e. The molecule has 0 bridgehead atoms. The molecule has 0 aromatic heterocycles. The molecule has 0 amide bonds. The van der Waals surface area contributed by atoms with Crippen molar-refractivity contribution in [3.63, 3.8) is 0 Å². The van der Waals surface area contributed by atoms with E-state index in [4.69, 9.17) is 0 Å². The van der Waals surface area contributed by atoms with Crippen molar-refractivity contribution in [2.75, 3.05) is 0 Å². The minimum atomic E-state index is 0.738. The zero-order valence-electron chi connectivity index (χ0n) is 18.2. The largest absolute Gasteiger partial charge is 0.0885 e. The Kier molecular flexibility index (Phi) is 13.7. The highest BCUT2D eigenvalue weighted by Crippen LogP contribution is 2.19. The Morgan fingerprint density at radius 2 is 0.714 bits per heavy atom. The van der Waals surface area contributed by atoms with Crippen molar-refractivity contribution in [1.29, 1.82) is 0 Å². The molecule has 0 heteroatoms. The van der Waals surface area contributed by atoms with Gasteiger partial charge in [-0.25, -0.2) is 0 Å². The first-order valence-electron chi connectivity index (χ1n) is 12.3.